The largest absolute Gasteiger partial charge is 0.335 e. The normalized spacial score (nSPS) is 15.4. The average Bonchev–Trinajstić information content (AvgIpc) is 3.13. The van der Waals surface area contributed by atoms with E-state index in [-0.39, 0.29) is 17.5 Å². The van der Waals surface area contributed by atoms with E-state index in [4.69, 9.17) is 11.6 Å². The first kappa shape index (κ1) is 20.1. The molecular weight excluding hydrogens is 408 g/mol. The molecule has 8 heteroatoms. The van der Waals surface area contributed by atoms with Crippen molar-refractivity contribution >= 4 is 39.6 Å². The van der Waals surface area contributed by atoms with Crippen molar-refractivity contribution < 1.29 is 4.79 Å². The molecule has 1 fully saturated rings. The van der Waals surface area contributed by atoms with Gasteiger partial charge in [-0.3, -0.25) is 14.5 Å². The molecule has 0 saturated carbocycles. The highest BCUT2D eigenvalue weighted by atomic mass is 35.5. The van der Waals surface area contributed by atoms with E-state index in [9.17, 15) is 9.59 Å². The highest BCUT2D eigenvalue weighted by Gasteiger charge is 2.26. The first-order chi connectivity index (χ1) is 13.9. The molecule has 0 radical (unpaired) electrons. The lowest BCUT2D eigenvalue weighted by Gasteiger charge is -2.34. The Morgan fingerprint density at radius 2 is 1.79 bits per heavy atom. The molecule has 0 atom stereocenters. The van der Waals surface area contributed by atoms with Gasteiger partial charge in [-0.2, -0.15) is 5.10 Å². The van der Waals surface area contributed by atoms with Gasteiger partial charge in [0.05, 0.1) is 15.8 Å². The molecule has 29 heavy (non-hydrogen) atoms. The molecule has 3 aromatic rings. The molecule has 1 amide bonds. The van der Waals surface area contributed by atoms with Gasteiger partial charge in [0.2, 0.25) is 0 Å². The van der Waals surface area contributed by atoms with Gasteiger partial charge >= 0.3 is 0 Å². The van der Waals surface area contributed by atoms with Crippen molar-refractivity contribution in [3.63, 3.8) is 0 Å². The van der Waals surface area contributed by atoms with E-state index in [2.05, 4.69) is 16.1 Å². The summed E-state index contributed by atoms with van der Waals surface area (Å²) in [6.45, 7) is 7.49. The quantitative estimate of drug-likeness (QED) is 0.634. The Balaban J connectivity index is 1.55. The molecule has 0 aliphatic carbocycles. The van der Waals surface area contributed by atoms with Crippen LogP contribution in [0.3, 0.4) is 0 Å². The number of aromatic nitrogens is 2. The van der Waals surface area contributed by atoms with Crippen LogP contribution in [0, 0.1) is 0 Å². The smallest absolute Gasteiger partial charge is 0.275 e. The van der Waals surface area contributed by atoms with Crippen LogP contribution in [-0.4, -0.2) is 51.7 Å². The van der Waals surface area contributed by atoms with Crippen molar-refractivity contribution in [2.45, 2.75) is 26.4 Å². The van der Waals surface area contributed by atoms with Crippen molar-refractivity contribution in [1.29, 1.82) is 0 Å². The number of piperazine rings is 1. The summed E-state index contributed by atoms with van der Waals surface area (Å²) in [4.78, 5) is 31.4. The van der Waals surface area contributed by atoms with Crippen molar-refractivity contribution in [3.05, 3.63) is 61.7 Å². The zero-order valence-corrected chi connectivity index (χ0v) is 18.0. The third-order valence-corrected chi connectivity index (χ3v) is 6.40. The Labute approximate surface area is 178 Å². The molecule has 0 N–H and O–H groups in total. The Morgan fingerprint density at radius 3 is 2.41 bits per heavy atom. The van der Waals surface area contributed by atoms with Gasteiger partial charge in [-0.1, -0.05) is 29.8 Å². The van der Waals surface area contributed by atoms with E-state index in [0.29, 0.717) is 29.6 Å². The fourth-order valence-electron chi connectivity index (χ4n) is 3.63. The summed E-state index contributed by atoms with van der Waals surface area (Å²) in [7, 11) is 0. The molecule has 1 aliphatic heterocycles. The molecule has 0 spiro atoms. The molecule has 6 nitrogen and oxygen atoms in total. The second kappa shape index (κ2) is 8.26. The maximum atomic E-state index is 13.3. The minimum Gasteiger partial charge on any atom is -0.335 e. The van der Waals surface area contributed by atoms with Crippen LogP contribution in [0.15, 0.2) is 41.2 Å². The topological polar surface area (TPSA) is 58.4 Å². The maximum Gasteiger partial charge on any atom is 0.275 e. The molecule has 0 unspecified atom stereocenters. The number of nitrogens with zero attached hydrogens (tertiary/aromatic N) is 4. The van der Waals surface area contributed by atoms with Crippen molar-refractivity contribution in [2.24, 2.45) is 0 Å². The Bertz CT molecular complexity index is 1100. The Morgan fingerprint density at radius 1 is 1.10 bits per heavy atom. The summed E-state index contributed by atoms with van der Waals surface area (Å²) in [5, 5.41) is 5.61. The summed E-state index contributed by atoms with van der Waals surface area (Å²) in [6.07, 6.45) is 0. The number of thiophene rings is 1. The van der Waals surface area contributed by atoms with Gasteiger partial charge in [-0.15, -0.1) is 11.3 Å². The third-order valence-electron chi connectivity index (χ3n) is 5.19. The van der Waals surface area contributed by atoms with E-state index >= 15 is 0 Å². The molecule has 152 valence electrons. The van der Waals surface area contributed by atoms with Gasteiger partial charge in [0.15, 0.2) is 5.69 Å². The van der Waals surface area contributed by atoms with E-state index in [1.165, 1.54) is 9.56 Å². The van der Waals surface area contributed by atoms with Crippen LogP contribution < -0.4 is 5.56 Å². The lowest BCUT2D eigenvalue weighted by molar-refractivity contribution is 0.0623. The number of amides is 1. The predicted molar refractivity (Wildman–Crippen MR) is 117 cm³/mol. The minimum atomic E-state index is -0.161. The van der Waals surface area contributed by atoms with Gasteiger partial charge in [0, 0.05) is 43.0 Å². The van der Waals surface area contributed by atoms with E-state index in [1.807, 2.05) is 36.9 Å². The lowest BCUT2D eigenvalue weighted by atomic mass is 10.1. The summed E-state index contributed by atoms with van der Waals surface area (Å²) in [6, 6.07) is 11.1. The first-order valence-electron chi connectivity index (χ1n) is 9.71. The van der Waals surface area contributed by atoms with Crippen molar-refractivity contribution in [2.75, 3.05) is 26.2 Å². The molecule has 3 heterocycles. The minimum absolute atomic E-state index is 0.116. The van der Waals surface area contributed by atoms with Crippen LogP contribution in [0.25, 0.3) is 10.8 Å². The van der Waals surface area contributed by atoms with Crippen molar-refractivity contribution in [3.8, 4) is 0 Å². The molecule has 1 aliphatic rings. The number of hydrogen-bond donors (Lipinski definition) is 0. The second-order valence-corrected chi connectivity index (χ2v) is 9.31. The van der Waals surface area contributed by atoms with Gasteiger partial charge < -0.3 is 4.90 Å². The van der Waals surface area contributed by atoms with E-state index in [1.54, 1.807) is 23.5 Å². The lowest BCUT2D eigenvalue weighted by Crippen LogP contribution is -2.48. The van der Waals surface area contributed by atoms with Crippen LogP contribution >= 0.6 is 22.9 Å². The number of halogens is 1. The fraction of sp³-hybridized carbons (Fsp3) is 0.381. The highest BCUT2D eigenvalue weighted by molar-refractivity contribution is 7.16. The first-order valence-corrected chi connectivity index (χ1v) is 10.9. The molecular formula is C21H23ClN4O2S. The van der Waals surface area contributed by atoms with Gasteiger partial charge in [0.25, 0.3) is 11.5 Å². The summed E-state index contributed by atoms with van der Waals surface area (Å²) in [5.41, 5.74) is 0.193. The summed E-state index contributed by atoms with van der Waals surface area (Å²) < 4.78 is 2.21. The molecule has 0 bridgehead atoms. The van der Waals surface area contributed by atoms with E-state index < -0.39 is 0 Å². The van der Waals surface area contributed by atoms with Crippen LogP contribution in [0.2, 0.25) is 4.34 Å². The molecule has 2 aromatic heterocycles. The Hall–Kier alpha value is -2.22. The standard InChI is InChI=1S/C21H23ClN4O2S/c1-14(2)26-20(27)17-6-4-3-5-16(17)19(23-26)21(28)25-11-9-24(10-12-25)13-15-7-8-18(22)29-15/h3-8,14H,9-13H2,1-2H3. The zero-order valence-electron chi connectivity index (χ0n) is 16.5. The predicted octanol–water partition coefficient (Wildman–Crippen LogP) is 3.65. The van der Waals surface area contributed by atoms with Gasteiger partial charge in [-0.05, 0) is 32.0 Å². The van der Waals surface area contributed by atoms with Gasteiger partial charge in [0.1, 0.15) is 0 Å². The zero-order chi connectivity index (χ0) is 20.5. The van der Waals surface area contributed by atoms with Crippen LogP contribution in [0.4, 0.5) is 0 Å². The number of rotatable bonds is 4. The average molecular weight is 431 g/mol. The number of carbonyl (C=O) groups is 1. The summed E-state index contributed by atoms with van der Waals surface area (Å²) >= 11 is 7.61. The van der Waals surface area contributed by atoms with Crippen LogP contribution in [0.5, 0.6) is 0 Å². The van der Waals surface area contributed by atoms with E-state index in [0.717, 1.165) is 24.0 Å². The van der Waals surface area contributed by atoms with Crippen molar-refractivity contribution in [1.82, 2.24) is 19.6 Å². The van der Waals surface area contributed by atoms with Crippen LogP contribution in [0.1, 0.15) is 35.3 Å². The maximum absolute atomic E-state index is 13.3. The monoisotopic (exact) mass is 430 g/mol. The number of fused-ring (bicyclic) bond motifs is 1. The highest BCUT2D eigenvalue weighted by Crippen LogP contribution is 2.23. The van der Waals surface area contributed by atoms with Crippen LogP contribution in [-0.2, 0) is 6.54 Å². The molecule has 4 rings (SSSR count). The Kier molecular flexibility index (Phi) is 5.72. The second-order valence-electron chi connectivity index (χ2n) is 7.51. The molecule has 1 aromatic carbocycles. The summed E-state index contributed by atoms with van der Waals surface area (Å²) in [5.74, 6) is -0.116. The number of hydrogen-bond acceptors (Lipinski definition) is 5. The SMILES string of the molecule is CC(C)n1nc(C(=O)N2CCN(Cc3ccc(Cl)s3)CC2)c2ccccc2c1=O. The number of benzene rings is 1. The van der Waals surface area contributed by atoms with Gasteiger partial charge in [-0.25, -0.2) is 4.68 Å². The molecule has 1 saturated heterocycles. The third kappa shape index (κ3) is 4.08. The fourth-order valence-corrected chi connectivity index (χ4v) is 4.76. The number of carbonyl (C=O) groups excluding carboxylic acids is 1.